The average molecular weight is 489 g/mol. The topological polar surface area (TPSA) is 67.2 Å². The molecule has 2 amide bonds. The van der Waals surface area contributed by atoms with Crippen molar-refractivity contribution in [2.75, 3.05) is 0 Å². The fourth-order valence-electron chi connectivity index (χ4n) is 4.29. The second-order valence-corrected chi connectivity index (χ2v) is 9.96. The van der Waals surface area contributed by atoms with E-state index in [1.54, 1.807) is 46.0 Å². The Morgan fingerprint density at radius 3 is 2.51 bits per heavy atom. The molecule has 0 unspecified atom stereocenters. The molecule has 1 N–H and O–H groups in total. The van der Waals surface area contributed by atoms with Crippen LogP contribution >= 0.6 is 11.3 Å². The number of nitrogens with one attached hydrogen (secondary N) is 1. The van der Waals surface area contributed by atoms with E-state index in [0.717, 1.165) is 27.3 Å². The Morgan fingerprint density at radius 2 is 1.83 bits per heavy atom. The summed E-state index contributed by atoms with van der Waals surface area (Å²) in [5.74, 6) is -0.866. The van der Waals surface area contributed by atoms with Crippen molar-refractivity contribution in [3.8, 4) is 10.6 Å². The van der Waals surface area contributed by atoms with Gasteiger partial charge >= 0.3 is 0 Å². The first kappa shape index (κ1) is 23.0. The molecule has 4 aromatic rings. The van der Waals surface area contributed by atoms with Gasteiger partial charge in [-0.05, 0) is 54.6 Å². The Labute approximate surface area is 207 Å². The number of hydrogen-bond acceptors (Lipinski definition) is 4. The summed E-state index contributed by atoms with van der Waals surface area (Å²) < 4.78 is 14.9. The van der Waals surface area contributed by atoms with Gasteiger partial charge < -0.3 is 10.2 Å². The van der Waals surface area contributed by atoms with E-state index in [9.17, 15) is 14.0 Å². The lowest BCUT2D eigenvalue weighted by molar-refractivity contribution is -0.133. The molecule has 5 rings (SSSR count). The van der Waals surface area contributed by atoms with Crippen LogP contribution in [0.2, 0.25) is 0 Å². The predicted molar refractivity (Wildman–Crippen MR) is 133 cm³/mol. The Balaban J connectivity index is 1.47. The normalized spacial score (nSPS) is 17.3. The van der Waals surface area contributed by atoms with Crippen LogP contribution in [0.5, 0.6) is 0 Å². The summed E-state index contributed by atoms with van der Waals surface area (Å²) >= 11 is 1.55. The van der Waals surface area contributed by atoms with Gasteiger partial charge in [0.05, 0.1) is 11.4 Å². The molecule has 2 aromatic heterocycles. The Hall–Kier alpha value is -3.78. The number of thiophene rings is 1. The van der Waals surface area contributed by atoms with Crippen molar-refractivity contribution < 1.29 is 14.0 Å². The van der Waals surface area contributed by atoms with Crippen molar-refractivity contribution in [3.63, 3.8) is 0 Å². The van der Waals surface area contributed by atoms with E-state index in [2.05, 4.69) is 10.4 Å². The van der Waals surface area contributed by atoms with E-state index >= 15 is 0 Å². The molecule has 3 heterocycles. The molecular weight excluding hydrogens is 463 g/mol. The molecule has 0 fully saturated rings. The van der Waals surface area contributed by atoms with Crippen molar-refractivity contribution in [1.82, 2.24) is 20.0 Å². The highest BCUT2D eigenvalue weighted by atomic mass is 32.1. The highest BCUT2D eigenvalue weighted by Gasteiger charge is 2.48. The summed E-state index contributed by atoms with van der Waals surface area (Å²) in [7, 11) is 0. The monoisotopic (exact) mass is 488 g/mol. The molecule has 1 aliphatic rings. The molecule has 8 heteroatoms. The third-order valence-corrected chi connectivity index (χ3v) is 7.28. The first-order valence-electron chi connectivity index (χ1n) is 11.4. The second kappa shape index (κ2) is 9.11. The summed E-state index contributed by atoms with van der Waals surface area (Å²) in [5.41, 5.74) is 2.84. The van der Waals surface area contributed by atoms with E-state index in [0.29, 0.717) is 12.2 Å². The Bertz CT molecular complexity index is 1360. The average Bonchev–Trinajstić information content (AvgIpc) is 3.52. The number of hydrogen-bond donors (Lipinski definition) is 1. The molecule has 1 atom stereocenters. The van der Waals surface area contributed by atoms with Crippen LogP contribution in [-0.4, -0.2) is 32.0 Å². The van der Waals surface area contributed by atoms with E-state index in [1.807, 2.05) is 48.7 Å². The lowest BCUT2D eigenvalue weighted by atomic mass is 9.94. The number of fused-ring (bicyclic) bond motifs is 1. The van der Waals surface area contributed by atoms with E-state index in [4.69, 9.17) is 0 Å². The molecule has 178 valence electrons. The number of carbonyl (C=O) groups excluding carboxylic acids is 2. The smallest absolute Gasteiger partial charge is 0.273 e. The number of carbonyl (C=O) groups is 2. The fraction of sp³-hybridized carbons (Fsp3) is 0.222. The number of rotatable bonds is 6. The van der Waals surface area contributed by atoms with Gasteiger partial charge in [-0.1, -0.05) is 48.0 Å². The molecule has 6 nitrogen and oxygen atoms in total. The Kier molecular flexibility index (Phi) is 5.98. The quantitative estimate of drug-likeness (QED) is 0.424. The van der Waals surface area contributed by atoms with Crippen molar-refractivity contribution >= 4 is 23.2 Å². The van der Waals surface area contributed by atoms with Crippen LogP contribution in [0.25, 0.3) is 10.6 Å². The largest absolute Gasteiger partial charge is 0.350 e. The Morgan fingerprint density at radius 1 is 1.11 bits per heavy atom. The van der Waals surface area contributed by atoms with Crippen LogP contribution in [0.15, 0.2) is 72.1 Å². The summed E-state index contributed by atoms with van der Waals surface area (Å²) in [5, 5.41) is 9.57. The maximum atomic E-state index is 13.7. The summed E-state index contributed by atoms with van der Waals surface area (Å²) in [4.78, 5) is 29.9. The zero-order valence-corrected chi connectivity index (χ0v) is 20.3. The van der Waals surface area contributed by atoms with Gasteiger partial charge in [0, 0.05) is 13.1 Å². The molecular formula is C27H25FN4O2S. The predicted octanol–water partition coefficient (Wildman–Crippen LogP) is 4.79. The van der Waals surface area contributed by atoms with Gasteiger partial charge in [0.1, 0.15) is 22.7 Å². The maximum Gasteiger partial charge on any atom is 0.273 e. The van der Waals surface area contributed by atoms with Crippen LogP contribution in [-0.2, 0) is 24.4 Å². The number of aromatic nitrogens is 2. The first-order chi connectivity index (χ1) is 16.8. The van der Waals surface area contributed by atoms with Crippen LogP contribution in [0, 0.1) is 12.7 Å². The highest BCUT2D eigenvalue weighted by Crippen LogP contribution is 2.32. The number of aryl methyl sites for hydroxylation is 1. The summed E-state index contributed by atoms with van der Waals surface area (Å²) in [6.07, 6.45) is 0. The summed E-state index contributed by atoms with van der Waals surface area (Å²) in [6, 6.07) is 19.6. The number of benzene rings is 2. The minimum atomic E-state index is -1.17. The SMILES string of the molecule is Cc1ccc(CN2C(=O)c3cc(-c4cccs4)nn3C[C@@]2(C)C(=O)NCc2ccc(F)cc2)cc1. The van der Waals surface area contributed by atoms with E-state index in [1.165, 1.54) is 12.1 Å². The van der Waals surface area contributed by atoms with E-state index < -0.39 is 5.54 Å². The van der Waals surface area contributed by atoms with Crippen molar-refractivity contribution in [2.24, 2.45) is 0 Å². The van der Waals surface area contributed by atoms with Gasteiger partial charge in [-0.25, -0.2) is 4.39 Å². The minimum absolute atomic E-state index is 0.223. The zero-order chi connectivity index (χ0) is 24.6. The molecule has 0 saturated carbocycles. The van der Waals surface area contributed by atoms with Crippen molar-refractivity contribution in [1.29, 1.82) is 0 Å². The lowest BCUT2D eigenvalue weighted by Crippen LogP contribution is -2.63. The van der Waals surface area contributed by atoms with Gasteiger partial charge in [-0.2, -0.15) is 5.10 Å². The molecule has 2 aromatic carbocycles. The molecule has 35 heavy (non-hydrogen) atoms. The number of halogens is 1. The summed E-state index contributed by atoms with van der Waals surface area (Å²) in [6.45, 7) is 4.52. The van der Waals surface area contributed by atoms with E-state index in [-0.39, 0.29) is 30.7 Å². The van der Waals surface area contributed by atoms with Gasteiger partial charge in [0.2, 0.25) is 5.91 Å². The van der Waals surface area contributed by atoms with Crippen LogP contribution in [0.4, 0.5) is 4.39 Å². The molecule has 1 aliphatic heterocycles. The number of amides is 2. The number of nitrogens with zero attached hydrogens (tertiary/aromatic N) is 3. The maximum absolute atomic E-state index is 13.7. The highest BCUT2D eigenvalue weighted by molar-refractivity contribution is 7.13. The molecule has 0 bridgehead atoms. The van der Waals surface area contributed by atoms with Gasteiger partial charge in [0.15, 0.2) is 0 Å². The fourth-order valence-corrected chi connectivity index (χ4v) is 4.97. The third kappa shape index (κ3) is 4.49. The second-order valence-electron chi connectivity index (χ2n) is 9.01. The lowest BCUT2D eigenvalue weighted by Gasteiger charge is -2.43. The first-order valence-corrected chi connectivity index (χ1v) is 12.2. The van der Waals surface area contributed by atoms with Crippen LogP contribution in [0.1, 0.15) is 34.1 Å². The zero-order valence-electron chi connectivity index (χ0n) is 19.5. The van der Waals surface area contributed by atoms with Crippen molar-refractivity contribution in [2.45, 2.75) is 39.0 Å². The van der Waals surface area contributed by atoms with Gasteiger partial charge in [0.25, 0.3) is 5.91 Å². The van der Waals surface area contributed by atoms with Crippen LogP contribution in [0.3, 0.4) is 0 Å². The minimum Gasteiger partial charge on any atom is -0.350 e. The third-order valence-electron chi connectivity index (χ3n) is 6.39. The molecule has 0 aliphatic carbocycles. The van der Waals surface area contributed by atoms with Crippen molar-refractivity contribution in [3.05, 3.63) is 100 Å². The standard InChI is InChI=1S/C27H25FN4O2S/c1-18-5-7-20(8-6-18)16-31-25(33)23-14-22(24-4-3-13-35-24)30-32(23)17-27(31,2)26(34)29-15-19-9-11-21(28)12-10-19/h3-14H,15-17H2,1-2H3,(H,29,34)/t27-/m0/s1. The molecule has 0 spiro atoms. The van der Waals surface area contributed by atoms with Gasteiger partial charge in [-0.15, -0.1) is 11.3 Å². The van der Waals surface area contributed by atoms with Crippen LogP contribution < -0.4 is 5.32 Å². The molecule has 0 radical (unpaired) electrons. The molecule has 0 saturated heterocycles. The van der Waals surface area contributed by atoms with Gasteiger partial charge in [-0.3, -0.25) is 14.3 Å².